The number of hydrogen-bond acceptors (Lipinski definition) is 4. The van der Waals surface area contributed by atoms with Crippen molar-refractivity contribution in [2.24, 2.45) is 23.7 Å². The molecule has 0 N–H and O–H groups in total. The second-order valence-corrected chi connectivity index (χ2v) is 12.7. The largest absolute Gasteiger partial charge is 0.429 e. The van der Waals surface area contributed by atoms with Crippen molar-refractivity contribution in [2.75, 3.05) is 19.8 Å². The fourth-order valence-corrected chi connectivity index (χ4v) is 7.12. The first-order chi connectivity index (χ1) is 20.1. The average molecular weight is 593 g/mol. The lowest BCUT2D eigenvalue weighted by Crippen LogP contribution is -2.38. The minimum Gasteiger partial charge on any atom is -0.429 e. The molecule has 1 aliphatic carbocycles. The predicted octanol–water partition coefficient (Wildman–Crippen LogP) is 9.08. The molecular weight excluding hydrogens is 548 g/mol. The minimum atomic E-state index is -4.00. The number of benzene rings is 2. The fraction of sp³-hybridized carbons (Fsp3) is 0.647. The number of hydrogen-bond donors (Lipinski definition) is 0. The van der Waals surface area contributed by atoms with Crippen molar-refractivity contribution in [3.63, 3.8) is 0 Å². The van der Waals surface area contributed by atoms with Crippen LogP contribution in [0, 0.1) is 56.1 Å². The molecule has 8 heteroatoms. The lowest BCUT2D eigenvalue weighted by Gasteiger charge is -2.41. The fourth-order valence-electron chi connectivity index (χ4n) is 7.12. The zero-order valence-corrected chi connectivity index (χ0v) is 25.2. The molecule has 42 heavy (non-hydrogen) atoms. The summed E-state index contributed by atoms with van der Waals surface area (Å²) in [6, 6.07) is 4.66. The van der Waals surface area contributed by atoms with Gasteiger partial charge in [-0.3, -0.25) is 0 Å². The van der Waals surface area contributed by atoms with Gasteiger partial charge in [0.05, 0.1) is 19.3 Å². The molecule has 232 valence electrons. The zero-order valence-electron chi connectivity index (χ0n) is 25.2. The molecule has 2 unspecified atom stereocenters. The molecule has 2 aromatic carbocycles. The van der Waals surface area contributed by atoms with Gasteiger partial charge in [0.2, 0.25) is 0 Å². The van der Waals surface area contributed by atoms with Gasteiger partial charge in [-0.25, -0.2) is 8.78 Å². The summed E-state index contributed by atoms with van der Waals surface area (Å²) in [5.74, 6) is -0.0467. The Morgan fingerprint density at radius 2 is 1.45 bits per heavy atom. The topological polar surface area (TPSA) is 36.9 Å². The summed E-state index contributed by atoms with van der Waals surface area (Å²) in [5.41, 5.74) is 0.259. The Morgan fingerprint density at radius 1 is 0.762 bits per heavy atom. The van der Waals surface area contributed by atoms with Crippen LogP contribution >= 0.6 is 0 Å². The van der Waals surface area contributed by atoms with Crippen LogP contribution < -0.4 is 4.74 Å². The summed E-state index contributed by atoms with van der Waals surface area (Å²) in [4.78, 5) is 0. The first kappa shape index (κ1) is 31.3. The van der Waals surface area contributed by atoms with Gasteiger partial charge < -0.3 is 18.9 Å². The lowest BCUT2D eigenvalue weighted by molar-refractivity contribution is -0.215. The van der Waals surface area contributed by atoms with Crippen molar-refractivity contribution in [3.05, 3.63) is 63.7 Å². The number of rotatable bonds is 8. The van der Waals surface area contributed by atoms with Crippen LogP contribution in [0.15, 0.2) is 24.3 Å². The van der Waals surface area contributed by atoms with Gasteiger partial charge >= 0.3 is 6.11 Å². The molecule has 2 saturated heterocycles. The highest BCUT2D eigenvalue weighted by molar-refractivity contribution is 5.38. The standard InChI is InChI=1S/C34H44F4O4/c1-5-6-23-7-12-31(39-17-23)25-10-8-24(9-11-25)27-18-40-33(41-19-27)26-13-21(3)32(30(36)15-26)34(37,38)42-28-14-20(2)22(4)29(35)16-28/h13-16,23-25,27,31,33H,5-12,17-19H2,1-4H3. The van der Waals surface area contributed by atoms with Gasteiger partial charge in [0.25, 0.3) is 0 Å². The van der Waals surface area contributed by atoms with Gasteiger partial charge in [-0.2, -0.15) is 8.78 Å². The van der Waals surface area contributed by atoms with E-state index in [1.165, 1.54) is 44.7 Å². The van der Waals surface area contributed by atoms with Crippen molar-refractivity contribution in [1.82, 2.24) is 0 Å². The van der Waals surface area contributed by atoms with Crippen molar-refractivity contribution in [3.8, 4) is 5.75 Å². The smallest absolute Gasteiger partial charge is 0.429 e. The second kappa shape index (κ2) is 13.2. The SMILES string of the molecule is CCCC1CCC(C2CCC(C3COC(c4cc(C)c(C(F)(F)Oc5cc(C)c(C)c(F)c5)c(F)c4)OC3)CC2)OC1. The molecule has 5 rings (SSSR count). The van der Waals surface area contributed by atoms with E-state index in [2.05, 4.69) is 6.92 Å². The monoisotopic (exact) mass is 592 g/mol. The van der Waals surface area contributed by atoms with E-state index in [0.29, 0.717) is 47.8 Å². The highest BCUT2D eigenvalue weighted by Crippen LogP contribution is 2.42. The van der Waals surface area contributed by atoms with Gasteiger partial charge in [-0.05, 0) is 112 Å². The van der Waals surface area contributed by atoms with Crippen molar-refractivity contribution < 1.29 is 36.5 Å². The van der Waals surface area contributed by atoms with Gasteiger partial charge in [-0.15, -0.1) is 0 Å². The normalized spacial score (nSPS) is 29.0. The Bertz CT molecular complexity index is 1160. The maximum atomic E-state index is 15.1. The molecular formula is C34H44F4O4. The van der Waals surface area contributed by atoms with E-state index in [1.54, 1.807) is 13.8 Å². The summed E-state index contributed by atoms with van der Waals surface area (Å²) in [6.07, 6.45) is 5.05. The number of halogens is 4. The van der Waals surface area contributed by atoms with Crippen molar-refractivity contribution in [2.45, 2.75) is 97.6 Å². The van der Waals surface area contributed by atoms with Crippen LogP contribution in [0.2, 0.25) is 0 Å². The van der Waals surface area contributed by atoms with Crippen LogP contribution in [0.25, 0.3) is 0 Å². The van der Waals surface area contributed by atoms with Gasteiger partial charge in [0, 0.05) is 24.2 Å². The second-order valence-electron chi connectivity index (χ2n) is 12.7. The number of ether oxygens (including phenoxy) is 4. The van der Waals surface area contributed by atoms with E-state index in [4.69, 9.17) is 18.9 Å². The quantitative estimate of drug-likeness (QED) is 0.287. The van der Waals surface area contributed by atoms with E-state index in [-0.39, 0.29) is 17.2 Å². The van der Waals surface area contributed by atoms with E-state index >= 15 is 13.2 Å². The molecule has 2 atom stereocenters. The Kier molecular flexibility index (Phi) is 9.85. The Morgan fingerprint density at radius 3 is 2.05 bits per heavy atom. The highest BCUT2D eigenvalue weighted by atomic mass is 19.3. The average Bonchev–Trinajstić information content (AvgIpc) is 2.96. The minimum absolute atomic E-state index is 0.00195. The molecule has 0 radical (unpaired) electrons. The van der Waals surface area contributed by atoms with E-state index in [1.807, 2.05) is 0 Å². The van der Waals surface area contributed by atoms with Gasteiger partial charge in [-0.1, -0.05) is 19.4 Å². The lowest BCUT2D eigenvalue weighted by atomic mass is 9.73. The maximum absolute atomic E-state index is 15.1. The summed E-state index contributed by atoms with van der Waals surface area (Å²) in [5, 5.41) is 0. The summed E-state index contributed by atoms with van der Waals surface area (Å²) in [6.45, 7) is 8.65. The molecule has 1 saturated carbocycles. The van der Waals surface area contributed by atoms with Crippen molar-refractivity contribution >= 4 is 0 Å². The third-order valence-corrected chi connectivity index (χ3v) is 9.73. The number of alkyl halides is 2. The summed E-state index contributed by atoms with van der Waals surface area (Å²) in [7, 11) is 0. The molecule has 3 fully saturated rings. The molecule has 2 aromatic rings. The summed E-state index contributed by atoms with van der Waals surface area (Å²) < 4.78 is 82.5. The number of aryl methyl sites for hydroxylation is 2. The van der Waals surface area contributed by atoms with Crippen LogP contribution in [0.5, 0.6) is 5.75 Å². The van der Waals surface area contributed by atoms with Crippen LogP contribution in [0.1, 0.15) is 92.4 Å². The first-order valence-electron chi connectivity index (χ1n) is 15.5. The molecule has 3 aliphatic rings. The van der Waals surface area contributed by atoms with Gasteiger partial charge in [0.15, 0.2) is 6.29 Å². The third kappa shape index (κ3) is 6.97. The Labute approximate surface area is 247 Å². The molecule has 2 aliphatic heterocycles. The van der Waals surface area contributed by atoms with Crippen LogP contribution in [-0.2, 0) is 20.3 Å². The Hall–Kier alpha value is -2.16. The molecule has 0 bridgehead atoms. The third-order valence-electron chi connectivity index (χ3n) is 9.73. The maximum Gasteiger partial charge on any atom is 0.429 e. The summed E-state index contributed by atoms with van der Waals surface area (Å²) >= 11 is 0. The highest BCUT2D eigenvalue weighted by Gasteiger charge is 2.41. The van der Waals surface area contributed by atoms with Crippen LogP contribution in [0.4, 0.5) is 17.6 Å². The Balaban J connectivity index is 1.15. The van der Waals surface area contributed by atoms with Gasteiger partial charge in [0.1, 0.15) is 22.9 Å². The van der Waals surface area contributed by atoms with Crippen LogP contribution in [-0.4, -0.2) is 25.9 Å². The zero-order chi connectivity index (χ0) is 30.0. The van der Waals surface area contributed by atoms with Crippen molar-refractivity contribution in [1.29, 1.82) is 0 Å². The molecule has 0 aromatic heterocycles. The van der Waals surface area contributed by atoms with E-state index in [9.17, 15) is 4.39 Å². The molecule has 0 spiro atoms. The van der Waals surface area contributed by atoms with E-state index < -0.39 is 29.6 Å². The molecule has 0 amide bonds. The molecule has 4 nitrogen and oxygen atoms in total. The molecule has 2 heterocycles. The first-order valence-corrected chi connectivity index (χ1v) is 15.5. The van der Waals surface area contributed by atoms with E-state index in [0.717, 1.165) is 50.3 Å². The predicted molar refractivity (Wildman–Crippen MR) is 152 cm³/mol. The van der Waals surface area contributed by atoms with Crippen LogP contribution in [0.3, 0.4) is 0 Å².